The molecule has 4 fully saturated rings. The van der Waals surface area contributed by atoms with Gasteiger partial charge in [-0.3, -0.25) is 14.5 Å². The summed E-state index contributed by atoms with van der Waals surface area (Å²) < 4.78 is 28.4. The summed E-state index contributed by atoms with van der Waals surface area (Å²) in [5, 5.41) is 2.53. The van der Waals surface area contributed by atoms with Crippen LogP contribution in [0.5, 0.6) is 0 Å². The molecule has 0 aliphatic carbocycles. The predicted octanol–water partition coefficient (Wildman–Crippen LogP) is 1.88. The summed E-state index contributed by atoms with van der Waals surface area (Å²) in [4.78, 5) is 28.6. The highest BCUT2D eigenvalue weighted by atomic mass is 19.2. The Labute approximate surface area is 157 Å². The molecular formula is C20H25F2N3O2. The first kappa shape index (κ1) is 18.3. The number of halogens is 2. The highest BCUT2D eigenvalue weighted by Crippen LogP contribution is 2.47. The molecule has 27 heavy (non-hydrogen) atoms. The Kier molecular flexibility index (Phi) is 4.88. The second kappa shape index (κ2) is 7.19. The Hall–Kier alpha value is -2.02. The molecule has 3 atom stereocenters. The van der Waals surface area contributed by atoms with Crippen LogP contribution in [0.25, 0.3) is 0 Å². The normalized spacial score (nSPS) is 31.7. The fourth-order valence-corrected chi connectivity index (χ4v) is 5.27. The Morgan fingerprint density at radius 2 is 1.89 bits per heavy atom. The summed E-state index contributed by atoms with van der Waals surface area (Å²) in [6, 6.07) is 4.36. The summed E-state index contributed by atoms with van der Waals surface area (Å²) in [5.74, 6) is -1.72. The molecule has 2 bridgehead atoms. The van der Waals surface area contributed by atoms with E-state index in [-0.39, 0.29) is 42.7 Å². The highest BCUT2D eigenvalue weighted by Gasteiger charge is 2.55. The molecule has 4 heterocycles. The second-order valence-corrected chi connectivity index (χ2v) is 7.82. The van der Waals surface area contributed by atoms with E-state index in [1.807, 2.05) is 4.90 Å². The van der Waals surface area contributed by atoms with Gasteiger partial charge >= 0.3 is 0 Å². The average Bonchev–Trinajstić information content (AvgIpc) is 3.11. The standard InChI is InChI=1S/C20H25F2N3O2/c1-23-16(26)5-6-17(27)25-11-14(13-3-2-4-15(21)18(13)22)20-19(25)12-7-9-24(20)10-8-12/h2-4,12,14,19-20H,5-11H2,1H3,(H,23,26)/t14-,19+,20+/m1/s1. The molecule has 0 saturated carbocycles. The summed E-state index contributed by atoms with van der Waals surface area (Å²) in [7, 11) is 1.55. The van der Waals surface area contributed by atoms with Gasteiger partial charge in [-0.05, 0) is 43.5 Å². The molecule has 0 radical (unpaired) electrons. The van der Waals surface area contributed by atoms with Crippen LogP contribution in [0.4, 0.5) is 8.78 Å². The maximum Gasteiger partial charge on any atom is 0.223 e. The number of hydrogen-bond acceptors (Lipinski definition) is 3. The quantitative estimate of drug-likeness (QED) is 0.872. The molecule has 1 aromatic carbocycles. The lowest BCUT2D eigenvalue weighted by Crippen LogP contribution is -2.60. The van der Waals surface area contributed by atoms with Gasteiger partial charge in [0.25, 0.3) is 0 Å². The number of likely N-dealkylation sites (tertiary alicyclic amines) is 1. The van der Waals surface area contributed by atoms with E-state index in [1.54, 1.807) is 13.1 Å². The van der Waals surface area contributed by atoms with E-state index in [2.05, 4.69) is 10.2 Å². The van der Waals surface area contributed by atoms with Gasteiger partial charge in [0.05, 0.1) is 6.04 Å². The molecule has 4 aliphatic heterocycles. The smallest absolute Gasteiger partial charge is 0.223 e. The molecule has 4 aliphatic rings. The number of hydrogen-bond donors (Lipinski definition) is 1. The minimum absolute atomic E-state index is 0.0253. The van der Waals surface area contributed by atoms with E-state index in [0.717, 1.165) is 32.0 Å². The van der Waals surface area contributed by atoms with Crippen molar-refractivity contribution in [2.45, 2.75) is 43.7 Å². The molecule has 5 rings (SSSR count). The first-order chi connectivity index (χ1) is 13.0. The maximum atomic E-state index is 14.5. The lowest BCUT2D eigenvalue weighted by Gasteiger charge is -2.51. The van der Waals surface area contributed by atoms with Crippen LogP contribution < -0.4 is 5.32 Å². The van der Waals surface area contributed by atoms with E-state index in [1.165, 1.54) is 6.07 Å². The Bertz CT molecular complexity index is 749. The van der Waals surface area contributed by atoms with Crippen LogP contribution in [0, 0.1) is 17.6 Å². The van der Waals surface area contributed by atoms with Gasteiger partial charge in [-0.1, -0.05) is 12.1 Å². The van der Waals surface area contributed by atoms with Crippen LogP contribution in [-0.4, -0.2) is 60.4 Å². The molecule has 7 heteroatoms. The molecule has 4 saturated heterocycles. The first-order valence-electron chi connectivity index (χ1n) is 9.69. The number of fused-ring (bicyclic) bond motifs is 2. The topological polar surface area (TPSA) is 52.7 Å². The number of amides is 2. The fraction of sp³-hybridized carbons (Fsp3) is 0.600. The number of carbonyl (C=O) groups excluding carboxylic acids is 2. The van der Waals surface area contributed by atoms with Gasteiger partial charge in [0.15, 0.2) is 11.6 Å². The number of nitrogens with one attached hydrogen (secondary N) is 1. The van der Waals surface area contributed by atoms with E-state index in [9.17, 15) is 18.4 Å². The molecule has 0 unspecified atom stereocenters. The van der Waals surface area contributed by atoms with Crippen LogP contribution in [-0.2, 0) is 9.59 Å². The third-order valence-corrected chi connectivity index (χ3v) is 6.54. The van der Waals surface area contributed by atoms with Crippen molar-refractivity contribution in [2.24, 2.45) is 5.92 Å². The van der Waals surface area contributed by atoms with Gasteiger partial charge < -0.3 is 10.2 Å². The SMILES string of the molecule is CNC(=O)CCC(=O)N1C[C@H](c2cccc(F)c2F)[C@H]2[C@@H]1C1CCN2CC1. The maximum absolute atomic E-state index is 14.5. The van der Waals surface area contributed by atoms with E-state index in [0.29, 0.717) is 18.0 Å². The van der Waals surface area contributed by atoms with Crippen molar-refractivity contribution in [1.29, 1.82) is 0 Å². The van der Waals surface area contributed by atoms with Crippen molar-refractivity contribution in [3.05, 3.63) is 35.4 Å². The van der Waals surface area contributed by atoms with Gasteiger partial charge in [-0.25, -0.2) is 8.78 Å². The Balaban J connectivity index is 1.63. The molecule has 1 N–H and O–H groups in total. The molecule has 146 valence electrons. The summed E-state index contributed by atoms with van der Waals surface area (Å²) in [6.07, 6.45) is 2.35. The number of nitrogens with zero attached hydrogens (tertiary/aromatic N) is 2. The van der Waals surface area contributed by atoms with Gasteiger partial charge in [0.1, 0.15) is 0 Å². The van der Waals surface area contributed by atoms with Crippen molar-refractivity contribution in [1.82, 2.24) is 15.1 Å². The van der Waals surface area contributed by atoms with Crippen LogP contribution in [0.3, 0.4) is 0 Å². The van der Waals surface area contributed by atoms with Crippen LogP contribution in [0.1, 0.15) is 37.2 Å². The van der Waals surface area contributed by atoms with Gasteiger partial charge in [-0.15, -0.1) is 0 Å². The van der Waals surface area contributed by atoms with Crippen molar-refractivity contribution < 1.29 is 18.4 Å². The van der Waals surface area contributed by atoms with Crippen LogP contribution in [0.2, 0.25) is 0 Å². The minimum atomic E-state index is -0.843. The molecule has 0 spiro atoms. The van der Waals surface area contributed by atoms with Crippen molar-refractivity contribution >= 4 is 11.8 Å². The van der Waals surface area contributed by atoms with Crippen LogP contribution >= 0.6 is 0 Å². The van der Waals surface area contributed by atoms with Crippen molar-refractivity contribution in [2.75, 3.05) is 26.7 Å². The Morgan fingerprint density at radius 3 is 2.59 bits per heavy atom. The molecular weight excluding hydrogens is 352 g/mol. The fourth-order valence-electron chi connectivity index (χ4n) is 5.27. The van der Waals surface area contributed by atoms with Gasteiger partial charge in [-0.2, -0.15) is 0 Å². The lowest BCUT2D eigenvalue weighted by atomic mass is 9.75. The summed E-state index contributed by atoms with van der Waals surface area (Å²) in [5.41, 5.74) is 0.360. The number of piperidine rings is 3. The monoisotopic (exact) mass is 377 g/mol. The third-order valence-electron chi connectivity index (χ3n) is 6.54. The second-order valence-electron chi connectivity index (χ2n) is 7.82. The van der Waals surface area contributed by atoms with Gasteiger partial charge in [0.2, 0.25) is 11.8 Å². The zero-order valence-corrected chi connectivity index (χ0v) is 15.5. The van der Waals surface area contributed by atoms with E-state index in [4.69, 9.17) is 0 Å². The van der Waals surface area contributed by atoms with Gasteiger partial charge in [0, 0.05) is 38.4 Å². The number of carbonyl (C=O) groups is 2. The van der Waals surface area contributed by atoms with Crippen LogP contribution in [0.15, 0.2) is 18.2 Å². The molecule has 1 aromatic rings. The summed E-state index contributed by atoms with van der Waals surface area (Å²) in [6.45, 7) is 2.27. The van der Waals surface area contributed by atoms with E-state index >= 15 is 0 Å². The highest BCUT2D eigenvalue weighted by molar-refractivity contribution is 5.84. The van der Waals surface area contributed by atoms with Crippen molar-refractivity contribution in [3.63, 3.8) is 0 Å². The number of benzene rings is 1. The minimum Gasteiger partial charge on any atom is -0.359 e. The predicted molar refractivity (Wildman–Crippen MR) is 96.0 cm³/mol. The Morgan fingerprint density at radius 1 is 1.15 bits per heavy atom. The number of rotatable bonds is 4. The van der Waals surface area contributed by atoms with Crippen molar-refractivity contribution in [3.8, 4) is 0 Å². The molecule has 0 aromatic heterocycles. The zero-order valence-electron chi connectivity index (χ0n) is 15.5. The lowest BCUT2D eigenvalue weighted by molar-refractivity contribution is -0.137. The molecule has 2 amide bonds. The average molecular weight is 377 g/mol. The third kappa shape index (κ3) is 3.12. The zero-order chi connectivity index (χ0) is 19.1. The largest absolute Gasteiger partial charge is 0.359 e. The molecule has 5 nitrogen and oxygen atoms in total. The van der Waals surface area contributed by atoms with E-state index < -0.39 is 11.6 Å². The first-order valence-corrected chi connectivity index (χ1v) is 9.69. The summed E-state index contributed by atoms with van der Waals surface area (Å²) >= 11 is 0.